The molecule has 0 radical (unpaired) electrons. The van der Waals surface area contributed by atoms with Crippen molar-refractivity contribution in [1.82, 2.24) is 14.8 Å². The van der Waals surface area contributed by atoms with Crippen LogP contribution in [0.3, 0.4) is 0 Å². The summed E-state index contributed by atoms with van der Waals surface area (Å²) in [5.74, 6) is -0.362. The van der Waals surface area contributed by atoms with Crippen molar-refractivity contribution >= 4 is 0 Å². The molecule has 2 unspecified atom stereocenters. The van der Waals surface area contributed by atoms with Crippen LogP contribution in [0.5, 0.6) is 0 Å². The number of piperazine rings is 1. The molecule has 2 aliphatic heterocycles. The highest BCUT2D eigenvalue weighted by molar-refractivity contribution is 5.08. The van der Waals surface area contributed by atoms with Crippen molar-refractivity contribution in [3.05, 3.63) is 29.8 Å². The van der Waals surface area contributed by atoms with Gasteiger partial charge < -0.3 is 10.0 Å². The summed E-state index contributed by atoms with van der Waals surface area (Å²) in [5.41, 5.74) is 0.563. The molecule has 116 valence electrons. The molecule has 0 amide bonds. The maximum Gasteiger partial charge on any atom is 0.141 e. The Morgan fingerprint density at radius 2 is 2.19 bits per heavy atom. The number of rotatable bonds is 4. The Labute approximate surface area is 125 Å². The van der Waals surface area contributed by atoms with E-state index < -0.39 is 6.10 Å². The van der Waals surface area contributed by atoms with Gasteiger partial charge in [0.1, 0.15) is 5.82 Å². The zero-order chi connectivity index (χ0) is 14.7. The Bertz CT molecular complexity index is 453. The monoisotopic (exact) mass is 293 g/mol. The molecule has 2 aliphatic rings. The summed E-state index contributed by atoms with van der Waals surface area (Å²) in [6, 6.07) is 3.62. The Hall–Kier alpha value is -1.04. The lowest BCUT2D eigenvalue weighted by Gasteiger charge is -2.44. The maximum absolute atomic E-state index is 12.8. The van der Waals surface area contributed by atoms with E-state index in [1.54, 1.807) is 6.07 Å². The van der Waals surface area contributed by atoms with Crippen LogP contribution in [0.2, 0.25) is 0 Å². The standard InChI is InChI=1S/C16H24FN3O/c17-13-4-5-15(18-11-13)16(21)6-8-19-9-10-20-7-2-1-3-14(20)12-19/h4-5,11,14,16,21H,1-3,6-10,12H2. The number of aliphatic hydroxyl groups is 1. The highest BCUT2D eigenvalue weighted by Crippen LogP contribution is 2.22. The number of aliphatic hydroxyl groups excluding tert-OH is 1. The van der Waals surface area contributed by atoms with E-state index in [1.807, 2.05) is 0 Å². The minimum absolute atomic E-state index is 0.362. The average molecular weight is 293 g/mol. The third kappa shape index (κ3) is 3.78. The van der Waals surface area contributed by atoms with Gasteiger partial charge in [0.15, 0.2) is 0 Å². The fourth-order valence-electron chi connectivity index (χ4n) is 3.46. The van der Waals surface area contributed by atoms with Gasteiger partial charge in [-0.2, -0.15) is 0 Å². The number of piperidine rings is 1. The fraction of sp³-hybridized carbons (Fsp3) is 0.688. The summed E-state index contributed by atoms with van der Waals surface area (Å²) < 4.78 is 12.8. The van der Waals surface area contributed by atoms with E-state index in [1.165, 1.54) is 38.1 Å². The average Bonchev–Trinajstić information content (AvgIpc) is 2.53. The van der Waals surface area contributed by atoms with Gasteiger partial charge in [-0.15, -0.1) is 0 Å². The third-order valence-electron chi connectivity index (χ3n) is 4.73. The number of hydrogen-bond donors (Lipinski definition) is 1. The lowest BCUT2D eigenvalue weighted by atomic mass is 9.99. The van der Waals surface area contributed by atoms with E-state index in [0.29, 0.717) is 18.2 Å². The van der Waals surface area contributed by atoms with Crippen LogP contribution in [-0.2, 0) is 0 Å². The van der Waals surface area contributed by atoms with E-state index in [9.17, 15) is 9.50 Å². The summed E-state index contributed by atoms with van der Waals surface area (Å²) in [6.45, 7) is 5.48. The van der Waals surface area contributed by atoms with Crippen LogP contribution < -0.4 is 0 Å². The molecule has 3 heterocycles. The zero-order valence-electron chi connectivity index (χ0n) is 12.4. The van der Waals surface area contributed by atoms with Crippen molar-refractivity contribution in [3.63, 3.8) is 0 Å². The van der Waals surface area contributed by atoms with E-state index in [0.717, 1.165) is 26.2 Å². The molecule has 1 N–H and O–H groups in total. The number of fused-ring (bicyclic) bond motifs is 1. The fourth-order valence-corrected chi connectivity index (χ4v) is 3.46. The first-order valence-corrected chi connectivity index (χ1v) is 7.98. The van der Waals surface area contributed by atoms with E-state index in [4.69, 9.17) is 0 Å². The molecule has 2 saturated heterocycles. The molecule has 21 heavy (non-hydrogen) atoms. The number of hydrogen-bond acceptors (Lipinski definition) is 4. The minimum Gasteiger partial charge on any atom is -0.387 e. The van der Waals surface area contributed by atoms with Crippen molar-refractivity contribution in [2.24, 2.45) is 0 Å². The molecule has 0 saturated carbocycles. The Morgan fingerprint density at radius 3 is 3.00 bits per heavy atom. The minimum atomic E-state index is -0.602. The van der Waals surface area contributed by atoms with Gasteiger partial charge in [0.2, 0.25) is 0 Å². The quantitative estimate of drug-likeness (QED) is 0.919. The summed E-state index contributed by atoms with van der Waals surface area (Å²) in [5, 5.41) is 10.2. The first-order chi connectivity index (χ1) is 10.2. The predicted molar refractivity (Wildman–Crippen MR) is 79.4 cm³/mol. The van der Waals surface area contributed by atoms with Gasteiger partial charge in [0, 0.05) is 32.2 Å². The highest BCUT2D eigenvalue weighted by Gasteiger charge is 2.28. The second kappa shape index (κ2) is 6.81. The van der Waals surface area contributed by atoms with Crippen molar-refractivity contribution in [2.45, 2.75) is 37.8 Å². The predicted octanol–water partition coefficient (Wildman–Crippen LogP) is 1.81. The van der Waals surface area contributed by atoms with Crippen LogP contribution in [0.15, 0.2) is 18.3 Å². The van der Waals surface area contributed by atoms with Crippen LogP contribution in [0.25, 0.3) is 0 Å². The zero-order valence-corrected chi connectivity index (χ0v) is 12.4. The summed E-state index contributed by atoms with van der Waals surface area (Å²) in [6.07, 6.45) is 5.21. The van der Waals surface area contributed by atoms with Gasteiger partial charge >= 0.3 is 0 Å². The van der Waals surface area contributed by atoms with E-state index in [2.05, 4.69) is 14.8 Å². The second-order valence-corrected chi connectivity index (χ2v) is 6.19. The number of pyridine rings is 1. The smallest absolute Gasteiger partial charge is 0.141 e. The second-order valence-electron chi connectivity index (χ2n) is 6.19. The Kier molecular flexibility index (Phi) is 4.83. The first kappa shape index (κ1) is 14.9. The topological polar surface area (TPSA) is 39.6 Å². The maximum atomic E-state index is 12.8. The number of halogens is 1. The van der Waals surface area contributed by atoms with Gasteiger partial charge in [-0.25, -0.2) is 4.39 Å². The first-order valence-electron chi connectivity index (χ1n) is 7.98. The molecule has 0 aliphatic carbocycles. The van der Waals surface area contributed by atoms with Crippen LogP contribution in [0, 0.1) is 5.82 Å². The van der Waals surface area contributed by atoms with Crippen molar-refractivity contribution in [1.29, 1.82) is 0 Å². The van der Waals surface area contributed by atoms with Crippen LogP contribution in [0.4, 0.5) is 4.39 Å². The summed E-state index contributed by atoms with van der Waals surface area (Å²) in [7, 11) is 0. The van der Waals surface area contributed by atoms with E-state index in [-0.39, 0.29) is 5.82 Å². The molecule has 0 spiro atoms. The lowest BCUT2D eigenvalue weighted by Crippen LogP contribution is -2.54. The van der Waals surface area contributed by atoms with Gasteiger partial charge in [-0.05, 0) is 37.9 Å². The Morgan fingerprint density at radius 1 is 1.29 bits per heavy atom. The molecule has 4 nitrogen and oxygen atoms in total. The molecular formula is C16H24FN3O. The van der Waals surface area contributed by atoms with Crippen LogP contribution in [0.1, 0.15) is 37.5 Å². The lowest BCUT2D eigenvalue weighted by molar-refractivity contribution is 0.0402. The van der Waals surface area contributed by atoms with Crippen molar-refractivity contribution in [2.75, 3.05) is 32.7 Å². The van der Waals surface area contributed by atoms with Gasteiger partial charge in [0.05, 0.1) is 18.0 Å². The van der Waals surface area contributed by atoms with Crippen LogP contribution in [-0.4, -0.2) is 58.7 Å². The summed E-state index contributed by atoms with van der Waals surface area (Å²) >= 11 is 0. The Balaban J connectivity index is 1.47. The molecule has 3 rings (SSSR count). The molecule has 5 heteroatoms. The van der Waals surface area contributed by atoms with Gasteiger partial charge in [0.25, 0.3) is 0 Å². The van der Waals surface area contributed by atoms with Crippen molar-refractivity contribution in [3.8, 4) is 0 Å². The molecule has 2 fully saturated rings. The molecule has 2 atom stereocenters. The largest absolute Gasteiger partial charge is 0.387 e. The normalized spacial score (nSPS) is 25.5. The molecule has 0 bridgehead atoms. The molecular weight excluding hydrogens is 269 g/mol. The third-order valence-corrected chi connectivity index (χ3v) is 4.73. The molecule has 1 aromatic rings. The molecule has 1 aromatic heterocycles. The van der Waals surface area contributed by atoms with Gasteiger partial charge in [-0.3, -0.25) is 9.88 Å². The van der Waals surface area contributed by atoms with Gasteiger partial charge in [-0.1, -0.05) is 6.42 Å². The summed E-state index contributed by atoms with van der Waals surface area (Å²) in [4.78, 5) is 9.01. The van der Waals surface area contributed by atoms with E-state index >= 15 is 0 Å². The van der Waals surface area contributed by atoms with Crippen LogP contribution >= 0.6 is 0 Å². The number of aromatic nitrogens is 1. The highest BCUT2D eigenvalue weighted by atomic mass is 19.1. The molecule has 0 aromatic carbocycles. The van der Waals surface area contributed by atoms with Crippen molar-refractivity contribution < 1.29 is 9.50 Å². The SMILES string of the molecule is OC(CCN1CCN2CCCCC2C1)c1ccc(F)cn1. The number of nitrogens with zero attached hydrogens (tertiary/aromatic N) is 3.